The number of nitrogens with zero attached hydrogens (tertiary/aromatic N) is 1. The smallest absolute Gasteiger partial charge is 0.380 e. The minimum atomic E-state index is -4.40. The normalized spacial score (nSPS) is 21.3. The first kappa shape index (κ1) is 15.0. The molecule has 8 heteroatoms. The third-order valence-corrected chi connectivity index (χ3v) is 3.17. The molecule has 1 heterocycles. The summed E-state index contributed by atoms with van der Waals surface area (Å²) < 4.78 is 20.2. The van der Waals surface area contributed by atoms with Crippen LogP contribution in [0.3, 0.4) is 0 Å². The lowest BCUT2D eigenvalue weighted by Gasteiger charge is -2.27. The van der Waals surface area contributed by atoms with Gasteiger partial charge >= 0.3 is 7.82 Å². The van der Waals surface area contributed by atoms with Crippen molar-refractivity contribution in [2.45, 2.75) is 18.9 Å². The first-order chi connectivity index (χ1) is 8.03. The summed E-state index contributed by atoms with van der Waals surface area (Å²) in [5.41, 5.74) is 0. The van der Waals surface area contributed by atoms with E-state index in [1.807, 2.05) is 4.90 Å². The molecule has 0 bridgehead atoms. The summed E-state index contributed by atoms with van der Waals surface area (Å²) in [4.78, 5) is 19.1. The number of hydrogen-bond acceptors (Lipinski definition) is 4. The molecule has 17 heavy (non-hydrogen) atoms. The molecule has 0 spiro atoms. The van der Waals surface area contributed by atoms with Gasteiger partial charge in [0, 0.05) is 25.7 Å². The Labute approximate surface area is 101 Å². The van der Waals surface area contributed by atoms with E-state index in [4.69, 9.17) is 14.5 Å². The van der Waals surface area contributed by atoms with Crippen LogP contribution in [-0.2, 0) is 18.9 Å². The van der Waals surface area contributed by atoms with Crippen molar-refractivity contribution in [3.8, 4) is 0 Å². The van der Waals surface area contributed by atoms with E-state index in [1.54, 1.807) is 0 Å². The van der Waals surface area contributed by atoms with Crippen LogP contribution in [0.1, 0.15) is 12.8 Å². The van der Waals surface area contributed by atoms with Crippen LogP contribution >= 0.6 is 7.82 Å². The van der Waals surface area contributed by atoms with Crippen LogP contribution in [0.15, 0.2) is 0 Å². The Morgan fingerprint density at radius 3 is 2.71 bits per heavy atom. The topological polar surface area (TPSA) is 99.1 Å². The summed E-state index contributed by atoms with van der Waals surface area (Å²) in [6.07, 6.45) is 1.40. The quantitative estimate of drug-likeness (QED) is 0.601. The van der Waals surface area contributed by atoms with Crippen LogP contribution < -0.4 is 0 Å². The van der Waals surface area contributed by atoms with E-state index in [2.05, 4.69) is 4.52 Å². The van der Waals surface area contributed by atoms with Crippen molar-refractivity contribution in [3.05, 3.63) is 0 Å². The second-order valence-corrected chi connectivity index (χ2v) is 5.17. The Balaban J connectivity index is 2.32. The summed E-state index contributed by atoms with van der Waals surface area (Å²) in [6, 6.07) is 0.224. The van der Waals surface area contributed by atoms with Gasteiger partial charge in [0.05, 0.1) is 19.8 Å². The molecule has 1 unspecified atom stereocenters. The molecule has 7 nitrogen and oxygen atoms in total. The molecule has 1 aliphatic rings. The molecule has 0 aromatic rings. The minimum Gasteiger partial charge on any atom is -0.380 e. The number of phosphoric ester groups is 1. The molecular formula is C9H19NO6P. The van der Waals surface area contributed by atoms with Gasteiger partial charge in [0.25, 0.3) is 0 Å². The molecule has 1 atom stereocenters. The molecule has 0 aliphatic carbocycles. The lowest BCUT2D eigenvalue weighted by Crippen LogP contribution is -2.39. The third-order valence-electron chi connectivity index (χ3n) is 2.65. The molecule has 0 aromatic heterocycles. The standard InChI is InChI=1S/C9H19NO6P/c11-5-1-3-10(9-2-6-15-8-9)4-7-16-17(12,13)14/h9H,1-8H2,(H2,12,13,14). The second kappa shape index (κ2) is 7.43. The first-order valence-corrected chi connectivity index (χ1v) is 7.16. The maximum Gasteiger partial charge on any atom is 0.469 e. The molecular weight excluding hydrogens is 249 g/mol. The highest BCUT2D eigenvalue weighted by Crippen LogP contribution is 2.35. The molecule has 0 saturated carbocycles. The van der Waals surface area contributed by atoms with Gasteiger partial charge in [0.1, 0.15) is 0 Å². The largest absolute Gasteiger partial charge is 0.469 e. The molecule has 101 valence electrons. The molecule has 0 amide bonds. The van der Waals surface area contributed by atoms with Gasteiger partial charge in [-0.3, -0.25) is 9.42 Å². The van der Waals surface area contributed by atoms with Crippen LogP contribution in [0.5, 0.6) is 0 Å². The lowest BCUT2D eigenvalue weighted by molar-refractivity contribution is 0.102. The maximum absolute atomic E-state index is 10.5. The first-order valence-electron chi connectivity index (χ1n) is 5.63. The zero-order valence-electron chi connectivity index (χ0n) is 9.66. The predicted octanol–water partition coefficient (Wildman–Crippen LogP) is 0.00720. The van der Waals surface area contributed by atoms with Gasteiger partial charge in [-0.2, -0.15) is 0 Å². The Kier molecular flexibility index (Phi) is 6.58. The van der Waals surface area contributed by atoms with Crippen LogP contribution in [0.25, 0.3) is 0 Å². The van der Waals surface area contributed by atoms with Crippen molar-refractivity contribution < 1.29 is 28.7 Å². The molecule has 1 rings (SSSR count). The van der Waals surface area contributed by atoms with Crippen LogP contribution in [0, 0.1) is 0 Å². The van der Waals surface area contributed by atoms with Gasteiger partial charge in [0.15, 0.2) is 0 Å². The summed E-state index contributed by atoms with van der Waals surface area (Å²) in [7, 11) is -4.40. The zero-order chi connectivity index (χ0) is 12.7. The molecule has 0 aromatic carbocycles. The highest BCUT2D eigenvalue weighted by molar-refractivity contribution is 7.46. The highest BCUT2D eigenvalue weighted by Gasteiger charge is 2.23. The van der Waals surface area contributed by atoms with Crippen molar-refractivity contribution in [1.29, 1.82) is 0 Å². The van der Waals surface area contributed by atoms with Crippen LogP contribution in [0.4, 0.5) is 0 Å². The molecule has 1 saturated heterocycles. The number of phosphoric acid groups is 1. The highest BCUT2D eigenvalue weighted by atomic mass is 31.2. The van der Waals surface area contributed by atoms with Crippen molar-refractivity contribution in [1.82, 2.24) is 4.90 Å². The number of hydrogen-bond donors (Lipinski definition) is 2. The van der Waals surface area contributed by atoms with Gasteiger partial charge in [0.2, 0.25) is 0 Å². The van der Waals surface area contributed by atoms with E-state index in [-0.39, 0.29) is 19.3 Å². The average molecular weight is 268 g/mol. The van der Waals surface area contributed by atoms with E-state index >= 15 is 0 Å². The van der Waals surface area contributed by atoms with Gasteiger partial charge in [-0.15, -0.1) is 0 Å². The van der Waals surface area contributed by atoms with E-state index in [1.165, 1.54) is 0 Å². The lowest BCUT2D eigenvalue weighted by atomic mass is 10.2. The zero-order valence-corrected chi connectivity index (χ0v) is 10.6. The molecule has 2 N–H and O–H groups in total. The van der Waals surface area contributed by atoms with Gasteiger partial charge in [-0.05, 0) is 12.8 Å². The SMILES string of the molecule is [O]CCCN(CCOP(=O)(O)O)C1CCOC1. The van der Waals surface area contributed by atoms with Crippen molar-refractivity contribution in [2.24, 2.45) is 0 Å². The van der Waals surface area contributed by atoms with E-state index in [0.29, 0.717) is 32.7 Å². The van der Waals surface area contributed by atoms with Gasteiger partial charge < -0.3 is 14.5 Å². The van der Waals surface area contributed by atoms with E-state index in [9.17, 15) is 9.67 Å². The average Bonchev–Trinajstić information content (AvgIpc) is 2.74. The Hall–Kier alpha value is -0.0100. The van der Waals surface area contributed by atoms with Crippen molar-refractivity contribution >= 4 is 7.82 Å². The Morgan fingerprint density at radius 1 is 1.41 bits per heavy atom. The fraction of sp³-hybridized carbons (Fsp3) is 1.00. The summed E-state index contributed by atoms with van der Waals surface area (Å²) in [6.45, 7) is 2.12. The number of ether oxygens (including phenoxy) is 1. The van der Waals surface area contributed by atoms with E-state index in [0.717, 1.165) is 6.42 Å². The third kappa shape index (κ3) is 6.47. The minimum absolute atomic E-state index is 0.0420. The fourth-order valence-electron chi connectivity index (χ4n) is 1.83. The maximum atomic E-state index is 10.5. The molecule has 1 aliphatic heterocycles. The molecule has 1 fully saturated rings. The fourth-order valence-corrected chi connectivity index (χ4v) is 2.15. The van der Waals surface area contributed by atoms with Gasteiger partial charge in [-0.25, -0.2) is 9.67 Å². The second-order valence-electron chi connectivity index (χ2n) is 3.93. The Morgan fingerprint density at radius 2 is 2.18 bits per heavy atom. The predicted molar refractivity (Wildman–Crippen MR) is 59.0 cm³/mol. The number of rotatable bonds is 8. The van der Waals surface area contributed by atoms with Crippen LogP contribution in [0.2, 0.25) is 0 Å². The summed E-state index contributed by atoms with van der Waals surface area (Å²) in [5, 5.41) is 10.5. The van der Waals surface area contributed by atoms with Crippen molar-refractivity contribution in [3.63, 3.8) is 0 Å². The summed E-state index contributed by atoms with van der Waals surface area (Å²) in [5.74, 6) is 0. The van der Waals surface area contributed by atoms with Gasteiger partial charge in [-0.1, -0.05) is 0 Å². The Bertz CT molecular complexity index is 252. The molecule has 1 radical (unpaired) electrons. The summed E-state index contributed by atoms with van der Waals surface area (Å²) >= 11 is 0. The van der Waals surface area contributed by atoms with Crippen LogP contribution in [-0.4, -0.2) is 60.2 Å². The van der Waals surface area contributed by atoms with Crippen molar-refractivity contribution in [2.75, 3.05) is 39.5 Å². The van der Waals surface area contributed by atoms with E-state index < -0.39 is 7.82 Å². The monoisotopic (exact) mass is 268 g/mol.